The van der Waals surface area contributed by atoms with E-state index in [-0.39, 0.29) is 0 Å². The van der Waals surface area contributed by atoms with Crippen molar-refractivity contribution >= 4 is 18.4 Å². The highest BCUT2D eigenvalue weighted by Crippen LogP contribution is 2.31. The van der Waals surface area contributed by atoms with Crippen LogP contribution in [0.3, 0.4) is 0 Å². The van der Waals surface area contributed by atoms with E-state index in [4.69, 9.17) is 13.6 Å². The third-order valence-electron chi connectivity index (χ3n) is 3.35. The van der Waals surface area contributed by atoms with E-state index in [0.29, 0.717) is 24.8 Å². The average molecular weight is 372 g/mol. The van der Waals surface area contributed by atoms with E-state index in [1.54, 1.807) is 14.2 Å². The molecular formula is C13H19F3O5SSi. The molecule has 132 valence electrons. The van der Waals surface area contributed by atoms with Gasteiger partial charge in [-0.1, -0.05) is 0 Å². The highest BCUT2D eigenvalue weighted by atomic mass is 32.2. The van der Waals surface area contributed by atoms with Crippen LogP contribution in [-0.4, -0.2) is 43.3 Å². The molecule has 0 aliphatic carbocycles. The van der Waals surface area contributed by atoms with Crippen LogP contribution in [-0.2, 0) is 18.7 Å². The first-order valence-electron chi connectivity index (χ1n) is 6.70. The quantitative estimate of drug-likeness (QED) is 0.518. The first kappa shape index (κ1) is 19.9. The Morgan fingerprint density at radius 3 is 2.04 bits per heavy atom. The summed E-state index contributed by atoms with van der Waals surface area (Å²) in [7, 11) is -4.34. The molecule has 1 aromatic carbocycles. The first-order valence-corrected chi connectivity index (χ1v) is 10.7. The summed E-state index contributed by atoms with van der Waals surface area (Å²) in [4.78, 5) is -0.809. The molecule has 1 aromatic rings. The van der Waals surface area contributed by atoms with Gasteiger partial charge in [0.2, 0.25) is 0 Å². The number of sulfone groups is 1. The molecule has 0 radical (unpaired) electrons. The Morgan fingerprint density at radius 2 is 1.61 bits per heavy atom. The number of halogens is 3. The number of benzene rings is 1. The number of hydrogen-bond donors (Lipinski definition) is 0. The van der Waals surface area contributed by atoms with E-state index in [1.807, 2.05) is 6.55 Å². The van der Waals surface area contributed by atoms with Gasteiger partial charge in [-0.25, -0.2) is 8.42 Å². The number of ether oxygens (including phenoxy) is 1. The van der Waals surface area contributed by atoms with E-state index in [1.165, 1.54) is 12.1 Å². The molecule has 0 heterocycles. The molecule has 10 heteroatoms. The monoisotopic (exact) mass is 372 g/mol. The molecule has 0 atom stereocenters. The Morgan fingerprint density at radius 1 is 1.09 bits per heavy atom. The molecule has 5 nitrogen and oxygen atoms in total. The van der Waals surface area contributed by atoms with Crippen molar-refractivity contribution in [3.05, 3.63) is 24.3 Å². The largest absolute Gasteiger partial charge is 0.501 e. The van der Waals surface area contributed by atoms with Gasteiger partial charge < -0.3 is 13.6 Å². The Hall–Kier alpha value is -1.10. The Labute approximate surface area is 134 Å². The highest BCUT2D eigenvalue weighted by Gasteiger charge is 2.46. The van der Waals surface area contributed by atoms with Crippen molar-refractivity contribution in [2.45, 2.75) is 29.4 Å². The van der Waals surface area contributed by atoms with Crippen molar-refractivity contribution in [2.24, 2.45) is 0 Å². The zero-order chi connectivity index (χ0) is 17.7. The van der Waals surface area contributed by atoms with Gasteiger partial charge in [0.25, 0.3) is 9.84 Å². The summed E-state index contributed by atoms with van der Waals surface area (Å²) in [5.41, 5.74) is -5.31. The molecule has 0 fully saturated rings. The van der Waals surface area contributed by atoms with E-state index >= 15 is 0 Å². The molecule has 0 N–H and O–H groups in total. The zero-order valence-electron chi connectivity index (χ0n) is 13.0. The van der Waals surface area contributed by atoms with Crippen molar-refractivity contribution in [1.82, 2.24) is 0 Å². The molecule has 1 rings (SSSR count). The predicted molar refractivity (Wildman–Crippen MR) is 80.2 cm³/mol. The molecule has 0 spiro atoms. The van der Waals surface area contributed by atoms with E-state index in [0.717, 1.165) is 12.1 Å². The molecule has 0 saturated heterocycles. The van der Waals surface area contributed by atoms with Crippen LogP contribution < -0.4 is 4.74 Å². The summed E-state index contributed by atoms with van der Waals surface area (Å²) in [5.74, 6) is 0.296. The van der Waals surface area contributed by atoms with Crippen LogP contribution in [0.25, 0.3) is 0 Å². The molecule has 0 bridgehead atoms. The highest BCUT2D eigenvalue weighted by molar-refractivity contribution is 7.92. The molecule has 0 saturated carbocycles. The van der Waals surface area contributed by atoms with Crippen molar-refractivity contribution in [3.8, 4) is 5.75 Å². The maximum atomic E-state index is 12.4. The van der Waals surface area contributed by atoms with Crippen molar-refractivity contribution in [2.75, 3.05) is 20.8 Å². The lowest BCUT2D eigenvalue weighted by molar-refractivity contribution is -0.0436. The minimum atomic E-state index is -5.33. The van der Waals surface area contributed by atoms with E-state index < -0.39 is 28.8 Å². The second kappa shape index (κ2) is 7.64. The molecule has 23 heavy (non-hydrogen) atoms. The van der Waals surface area contributed by atoms with E-state index in [2.05, 4.69) is 0 Å². The van der Waals surface area contributed by atoms with Crippen LogP contribution in [0.4, 0.5) is 13.2 Å². The van der Waals surface area contributed by atoms with Crippen LogP contribution in [0.1, 0.15) is 6.42 Å². The van der Waals surface area contributed by atoms with Crippen LogP contribution in [0.2, 0.25) is 12.6 Å². The summed E-state index contributed by atoms with van der Waals surface area (Å²) in [6.07, 6.45) is 0.646. The van der Waals surface area contributed by atoms with Gasteiger partial charge in [0.1, 0.15) is 5.75 Å². The second-order valence-corrected chi connectivity index (χ2v) is 10.4. The molecule has 0 amide bonds. The lowest BCUT2D eigenvalue weighted by Gasteiger charge is -2.22. The lowest BCUT2D eigenvalue weighted by atomic mass is 10.3. The fourth-order valence-corrected chi connectivity index (χ4v) is 3.84. The summed E-state index contributed by atoms with van der Waals surface area (Å²) >= 11 is 0. The van der Waals surface area contributed by atoms with Gasteiger partial charge in [-0.05, 0) is 43.3 Å². The standard InChI is InChI=1S/C13H19F3O5SSi/c1-19-23(3,20-2)10-4-9-21-11-5-7-12(8-6-11)22(17,18)13(14,15)16/h5-8H,4,9-10H2,1-3H3. The van der Waals surface area contributed by atoms with Crippen LogP contribution >= 0.6 is 0 Å². The van der Waals surface area contributed by atoms with Crippen molar-refractivity contribution < 1.29 is 35.2 Å². The smallest absolute Gasteiger partial charge is 0.494 e. The third-order valence-corrected chi connectivity index (χ3v) is 7.84. The Kier molecular flexibility index (Phi) is 6.63. The Balaban J connectivity index is 2.59. The summed E-state index contributed by atoms with van der Waals surface area (Å²) in [6.45, 7) is 2.23. The predicted octanol–water partition coefficient (Wildman–Crippen LogP) is 3.11. The second-order valence-electron chi connectivity index (χ2n) is 4.91. The maximum Gasteiger partial charge on any atom is 0.501 e. The van der Waals surface area contributed by atoms with Gasteiger partial charge in [-0.2, -0.15) is 13.2 Å². The molecule has 0 unspecified atom stereocenters. The maximum absolute atomic E-state index is 12.4. The van der Waals surface area contributed by atoms with Gasteiger partial charge in [0, 0.05) is 14.2 Å². The van der Waals surface area contributed by atoms with Gasteiger partial charge in [0.05, 0.1) is 11.5 Å². The fourth-order valence-electron chi connectivity index (χ4n) is 1.72. The van der Waals surface area contributed by atoms with Crippen LogP contribution in [0.15, 0.2) is 29.2 Å². The summed E-state index contributed by atoms with van der Waals surface area (Å²) in [6, 6.07) is 4.84. The van der Waals surface area contributed by atoms with E-state index in [9.17, 15) is 21.6 Å². The molecular weight excluding hydrogens is 353 g/mol. The first-order chi connectivity index (χ1) is 10.6. The van der Waals surface area contributed by atoms with Crippen molar-refractivity contribution in [1.29, 1.82) is 0 Å². The number of alkyl halides is 3. The lowest BCUT2D eigenvalue weighted by Crippen LogP contribution is -2.36. The number of hydrogen-bond acceptors (Lipinski definition) is 5. The minimum Gasteiger partial charge on any atom is -0.494 e. The van der Waals surface area contributed by atoms with Gasteiger partial charge in [-0.15, -0.1) is 0 Å². The number of rotatable bonds is 8. The fraction of sp³-hybridized carbons (Fsp3) is 0.538. The summed E-state index contributed by atoms with van der Waals surface area (Å²) < 4.78 is 75.7. The normalized spacial score (nSPS) is 13.1. The van der Waals surface area contributed by atoms with Crippen LogP contribution in [0, 0.1) is 0 Å². The summed E-state index contributed by atoms with van der Waals surface area (Å²) in [5, 5.41) is 0. The zero-order valence-corrected chi connectivity index (χ0v) is 14.8. The van der Waals surface area contributed by atoms with Crippen LogP contribution in [0.5, 0.6) is 5.75 Å². The topological polar surface area (TPSA) is 61.8 Å². The third kappa shape index (κ3) is 5.20. The van der Waals surface area contributed by atoms with Crippen molar-refractivity contribution in [3.63, 3.8) is 0 Å². The van der Waals surface area contributed by atoms with Gasteiger partial charge in [-0.3, -0.25) is 0 Å². The Bertz CT molecular complexity index is 597. The molecule has 0 aromatic heterocycles. The molecule has 0 aliphatic rings. The average Bonchev–Trinajstić information content (AvgIpc) is 2.50. The SMILES string of the molecule is CO[Si](C)(CCCOc1ccc(S(=O)(=O)C(F)(F)F)cc1)OC. The van der Waals surface area contributed by atoms with Gasteiger partial charge >= 0.3 is 14.1 Å². The minimum absolute atomic E-state index is 0.296. The molecule has 0 aliphatic heterocycles. The van der Waals surface area contributed by atoms with Gasteiger partial charge in [0.15, 0.2) is 0 Å².